The second-order valence-corrected chi connectivity index (χ2v) is 4.04. The Labute approximate surface area is 114 Å². The highest BCUT2D eigenvalue weighted by Crippen LogP contribution is 2.11. The summed E-state index contributed by atoms with van der Waals surface area (Å²) in [6, 6.07) is 3.00. The fourth-order valence-corrected chi connectivity index (χ4v) is 1.55. The molecular formula is C12H13N5O3. The van der Waals surface area contributed by atoms with Crippen LogP contribution in [-0.4, -0.2) is 31.9 Å². The molecule has 2 aromatic heterocycles. The van der Waals surface area contributed by atoms with Crippen LogP contribution in [0.3, 0.4) is 0 Å². The van der Waals surface area contributed by atoms with Crippen molar-refractivity contribution in [3.05, 3.63) is 36.4 Å². The number of pyridine rings is 1. The molecule has 0 spiro atoms. The highest BCUT2D eigenvalue weighted by atomic mass is 16.4. The Hall–Kier alpha value is -2.90. The summed E-state index contributed by atoms with van der Waals surface area (Å²) in [5.74, 6) is -1.00. The van der Waals surface area contributed by atoms with Crippen molar-refractivity contribution in [1.82, 2.24) is 14.8 Å². The van der Waals surface area contributed by atoms with Gasteiger partial charge >= 0.3 is 12.0 Å². The summed E-state index contributed by atoms with van der Waals surface area (Å²) in [6.07, 6.45) is 4.44. The molecular weight excluding hydrogens is 262 g/mol. The number of aryl methyl sites for hydroxylation is 1. The Kier molecular flexibility index (Phi) is 3.94. The number of carboxylic acid groups (broad SMARTS) is 1. The molecule has 8 heteroatoms. The average molecular weight is 275 g/mol. The molecule has 3 N–H and O–H groups in total. The van der Waals surface area contributed by atoms with Gasteiger partial charge in [-0.1, -0.05) is 0 Å². The van der Waals surface area contributed by atoms with Crippen molar-refractivity contribution >= 4 is 23.4 Å². The van der Waals surface area contributed by atoms with Gasteiger partial charge < -0.3 is 15.7 Å². The fraction of sp³-hybridized carbons (Fsp3) is 0.167. The summed E-state index contributed by atoms with van der Waals surface area (Å²) < 4.78 is 1.22. The van der Waals surface area contributed by atoms with Crippen molar-refractivity contribution < 1.29 is 14.7 Å². The molecule has 2 amide bonds. The van der Waals surface area contributed by atoms with Crippen molar-refractivity contribution in [3.8, 4) is 0 Å². The van der Waals surface area contributed by atoms with Gasteiger partial charge in [-0.2, -0.15) is 5.10 Å². The highest BCUT2D eigenvalue weighted by molar-refractivity contribution is 5.99. The van der Waals surface area contributed by atoms with Crippen LogP contribution in [0.15, 0.2) is 30.7 Å². The predicted molar refractivity (Wildman–Crippen MR) is 71.5 cm³/mol. The van der Waals surface area contributed by atoms with Crippen molar-refractivity contribution in [1.29, 1.82) is 0 Å². The van der Waals surface area contributed by atoms with Crippen LogP contribution in [0.1, 0.15) is 5.69 Å². The van der Waals surface area contributed by atoms with E-state index >= 15 is 0 Å². The molecule has 0 saturated carbocycles. The molecule has 0 atom stereocenters. The number of nitrogens with one attached hydrogen (secondary N) is 2. The number of carbonyl (C=O) groups is 2. The van der Waals surface area contributed by atoms with Gasteiger partial charge in [0.1, 0.15) is 6.54 Å². The largest absolute Gasteiger partial charge is 0.480 e. The first-order chi connectivity index (χ1) is 9.54. The molecule has 0 bridgehead atoms. The van der Waals surface area contributed by atoms with Crippen LogP contribution in [0.5, 0.6) is 0 Å². The molecule has 2 rings (SSSR count). The summed E-state index contributed by atoms with van der Waals surface area (Å²) >= 11 is 0. The standard InChI is InChI=1S/C12H13N5O3/c1-8-10(3-2-4-13-8)16-12(20)15-9-5-14-17(6-9)7-11(18)19/h2-6H,7H2,1H3,(H,18,19)(H2,15,16,20). The summed E-state index contributed by atoms with van der Waals surface area (Å²) in [7, 11) is 0. The van der Waals surface area contributed by atoms with E-state index in [0.29, 0.717) is 17.1 Å². The highest BCUT2D eigenvalue weighted by Gasteiger charge is 2.07. The summed E-state index contributed by atoms with van der Waals surface area (Å²) in [6.45, 7) is 1.52. The number of amides is 2. The van der Waals surface area contributed by atoms with Crippen molar-refractivity contribution in [2.24, 2.45) is 0 Å². The zero-order valence-electron chi connectivity index (χ0n) is 10.7. The zero-order chi connectivity index (χ0) is 14.5. The maximum atomic E-state index is 11.8. The van der Waals surface area contributed by atoms with E-state index < -0.39 is 12.0 Å². The molecule has 104 valence electrons. The molecule has 0 aliphatic carbocycles. The Balaban J connectivity index is 1.96. The van der Waals surface area contributed by atoms with E-state index in [0.717, 1.165) is 0 Å². The number of aromatic nitrogens is 3. The predicted octanol–water partition coefficient (Wildman–Crippen LogP) is 1.32. The van der Waals surface area contributed by atoms with E-state index in [2.05, 4.69) is 20.7 Å². The van der Waals surface area contributed by atoms with Crippen LogP contribution in [0.25, 0.3) is 0 Å². The molecule has 2 aromatic rings. The minimum Gasteiger partial charge on any atom is -0.480 e. The minimum absolute atomic E-state index is 0.259. The molecule has 0 aliphatic heterocycles. The van der Waals surface area contributed by atoms with Crippen LogP contribution in [0.4, 0.5) is 16.2 Å². The average Bonchev–Trinajstić information content (AvgIpc) is 2.78. The number of carboxylic acids is 1. The first-order valence-corrected chi connectivity index (χ1v) is 5.78. The molecule has 0 radical (unpaired) electrons. The first kappa shape index (κ1) is 13.5. The molecule has 20 heavy (non-hydrogen) atoms. The second kappa shape index (κ2) is 5.83. The summed E-state index contributed by atoms with van der Waals surface area (Å²) in [5, 5.41) is 17.6. The SMILES string of the molecule is Cc1ncccc1NC(=O)Nc1cnn(CC(=O)O)c1. The van der Waals surface area contributed by atoms with Gasteiger partial charge in [0.25, 0.3) is 0 Å². The van der Waals surface area contributed by atoms with Crippen LogP contribution >= 0.6 is 0 Å². The summed E-state index contributed by atoms with van der Waals surface area (Å²) in [5.41, 5.74) is 1.71. The van der Waals surface area contributed by atoms with E-state index in [4.69, 9.17) is 5.11 Å². The van der Waals surface area contributed by atoms with Crippen LogP contribution in [0, 0.1) is 6.92 Å². The zero-order valence-corrected chi connectivity index (χ0v) is 10.7. The number of aliphatic carboxylic acids is 1. The molecule has 0 saturated heterocycles. The van der Waals surface area contributed by atoms with Gasteiger partial charge in [-0.15, -0.1) is 0 Å². The normalized spacial score (nSPS) is 10.1. The Morgan fingerprint density at radius 3 is 2.90 bits per heavy atom. The maximum absolute atomic E-state index is 11.8. The lowest BCUT2D eigenvalue weighted by Gasteiger charge is -2.07. The maximum Gasteiger partial charge on any atom is 0.325 e. The molecule has 8 nitrogen and oxygen atoms in total. The van der Waals surface area contributed by atoms with Crippen molar-refractivity contribution in [3.63, 3.8) is 0 Å². The quantitative estimate of drug-likeness (QED) is 0.779. The Bertz CT molecular complexity index is 638. The molecule has 2 heterocycles. The lowest BCUT2D eigenvalue weighted by molar-refractivity contribution is -0.137. The van der Waals surface area contributed by atoms with Gasteiger partial charge in [-0.3, -0.25) is 14.5 Å². The number of rotatable bonds is 4. The smallest absolute Gasteiger partial charge is 0.325 e. The number of hydrogen-bond donors (Lipinski definition) is 3. The third-order valence-corrected chi connectivity index (χ3v) is 2.44. The van der Waals surface area contributed by atoms with Gasteiger partial charge in [-0.05, 0) is 19.1 Å². The van der Waals surface area contributed by atoms with Crippen LogP contribution in [0.2, 0.25) is 0 Å². The van der Waals surface area contributed by atoms with Gasteiger partial charge in [0.15, 0.2) is 0 Å². The van der Waals surface area contributed by atoms with Gasteiger partial charge in [-0.25, -0.2) is 4.79 Å². The van der Waals surface area contributed by atoms with Gasteiger partial charge in [0, 0.05) is 12.4 Å². The number of urea groups is 1. The van der Waals surface area contributed by atoms with Crippen LogP contribution in [-0.2, 0) is 11.3 Å². The van der Waals surface area contributed by atoms with Crippen molar-refractivity contribution in [2.45, 2.75) is 13.5 Å². The monoisotopic (exact) mass is 275 g/mol. The number of carbonyl (C=O) groups excluding carboxylic acids is 1. The van der Waals surface area contributed by atoms with E-state index in [1.165, 1.54) is 17.1 Å². The van der Waals surface area contributed by atoms with E-state index in [9.17, 15) is 9.59 Å². The third-order valence-electron chi connectivity index (χ3n) is 2.44. The first-order valence-electron chi connectivity index (χ1n) is 5.78. The fourth-order valence-electron chi connectivity index (χ4n) is 1.55. The second-order valence-electron chi connectivity index (χ2n) is 4.04. The lowest BCUT2D eigenvalue weighted by atomic mass is 10.3. The summed E-state index contributed by atoms with van der Waals surface area (Å²) in [4.78, 5) is 26.3. The number of anilines is 2. The van der Waals surface area contributed by atoms with Gasteiger partial charge in [0.2, 0.25) is 0 Å². The van der Waals surface area contributed by atoms with E-state index in [-0.39, 0.29) is 6.54 Å². The third kappa shape index (κ3) is 3.55. The van der Waals surface area contributed by atoms with E-state index in [1.54, 1.807) is 25.3 Å². The van der Waals surface area contributed by atoms with Crippen LogP contribution < -0.4 is 10.6 Å². The molecule has 0 aromatic carbocycles. The minimum atomic E-state index is -1.00. The Morgan fingerprint density at radius 1 is 1.40 bits per heavy atom. The van der Waals surface area contributed by atoms with E-state index in [1.807, 2.05) is 0 Å². The number of hydrogen-bond acceptors (Lipinski definition) is 4. The van der Waals surface area contributed by atoms with Crippen molar-refractivity contribution in [2.75, 3.05) is 10.6 Å². The molecule has 0 fully saturated rings. The number of nitrogens with zero attached hydrogens (tertiary/aromatic N) is 3. The Morgan fingerprint density at radius 2 is 2.20 bits per heavy atom. The topological polar surface area (TPSA) is 109 Å². The van der Waals surface area contributed by atoms with Gasteiger partial charge in [0.05, 0.1) is 23.3 Å². The molecule has 0 aliphatic rings. The lowest BCUT2D eigenvalue weighted by Crippen LogP contribution is -2.20. The molecule has 0 unspecified atom stereocenters.